The highest BCUT2D eigenvalue weighted by Gasteiger charge is 2.34. The van der Waals surface area contributed by atoms with E-state index in [2.05, 4.69) is 5.32 Å². The van der Waals surface area contributed by atoms with Crippen molar-refractivity contribution >= 4 is 38.7 Å². The third-order valence-electron chi connectivity index (χ3n) is 3.12. The summed E-state index contributed by atoms with van der Waals surface area (Å²) in [4.78, 5) is 12.0. The Morgan fingerprint density at radius 3 is 2.74 bits per heavy atom. The van der Waals surface area contributed by atoms with E-state index in [0.29, 0.717) is 29.2 Å². The fraction of sp³-hybridized carbons (Fsp3) is 0.417. The predicted molar refractivity (Wildman–Crippen MR) is 75.9 cm³/mol. The summed E-state index contributed by atoms with van der Waals surface area (Å²) in [5, 5.41) is 1.87. The van der Waals surface area contributed by atoms with Gasteiger partial charge in [0.2, 0.25) is 5.91 Å². The van der Waals surface area contributed by atoms with Crippen molar-refractivity contribution in [2.24, 2.45) is 0 Å². The molecule has 0 saturated carbocycles. The van der Waals surface area contributed by atoms with Gasteiger partial charge in [0.05, 0.1) is 16.5 Å². The van der Waals surface area contributed by atoms with Crippen molar-refractivity contribution in [1.29, 1.82) is 0 Å². The summed E-state index contributed by atoms with van der Waals surface area (Å²) in [7, 11) is -3.34. The molecule has 0 aliphatic carbocycles. The topological polar surface area (TPSA) is 89.3 Å². The molecule has 1 aromatic carbocycles. The van der Waals surface area contributed by atoms with Gasteiger partial charge < -0.3 is 11.1 Å². The predicted octanol–water partition coefficient (Wildman–Crippen LogP) is 1.83. The molecule has 1 saturated heterocycles. The number of carbonyl (C=O) groups excluding carboxylic acids is 1. The molecular formula is C12H15ClN2O3S. The van der Waals surface area contributed by atoms with Crippen LogP contribution >= 0.6 is 11.6 Å². The number of nitrogens with two attached hydrogens (primary N) is 1. The van der Waals surface area contributed by atoms with Crippen LogP contribution in [0.2, 0.25) is 5.02 Å². The number of nitrogens with one attached hydrogen (secondary N) is 1. The van der Waals surface area contributed by atoms with E-state index in [1.807, 2.05) is 0 Å². The molecule has 104 valence electrons. The van der Waals surface area contributed by atoms with Crippen LogP contribution in [0.4, 0.5) is 11.4 Å². The summed E-state index contributed by atoms with van der Waals surface area (Å²) in [6, 6.07) is 4.66. The van der Waals surface area contributed by atoms with Crippen molar-refractivity contribution in [2.75, 3.05) is 16.8 Å². The molecule has 3 N–H and O–H groups in total. The lowest BCUT2D eigenvalue weighted by atomic mass is 10.2. The van der Waals surface area contributed by atoms with Gasteiger partial charge in [0, 0.05) is 5.69 Å². The van der Waals surface area contributed by atoms with Crippen molar-refractivity contribution in [2.45, 2.75) is 24.5 Å². The van der Waals surface area contributed by atoms with Crippen LogP contribution in [0.15, 0.2) is 18.2 Å². The van der Waals surface area contributed by atoms with Crippen LogP contribution in [-0.4, -0.2) is 25.3 Å². The van der Waals surface area contributed by atoms with E-state index in [1.54, 1.807) is 12.1 Å². The number of benzene rings is 1. The zero-order valence-corrected chi connectivity index (χ0v) is 11.8. The lowest BCUT2D eigenvalue weighted by Gasteiger charge is -2.21. The van der Waals surface area contributed by atoms with Crippen LogP contribution < -0.4 is 11.1 Å². The molecule has 1 aliphatic rings. The molecule has 0 spiro atoms. The van der Waals surface area contributed by atoms with Gasteiger partial charge in [-0.25, -0.2) is 8.42 Å². The molecule has 0 bridgehead atoms. The monoisotopic (exact) mass is 302 g/mol. The van der Waals surface area contributed by atoms with Gasteiger partial charge in [-0.1, -0.05) is 18.0 Å². The fourth-order valence-corrected chi connectivity index (χ4v) is 4.13. The normalized spacial score (nSPS) is 21.8. The highest BCUT2D eigenvalue weighted by atomic mass is 35.5. The Bertz CT molecular complexity index is 601. The number of anilines is 2. The average molecular weight is 303 g/mol. The van der Waals surface area contributed by atoms with E-state index in [0.717, 1.165) is 6.42 Å². The Kier molecular flexibility index (Phi) is 4.01. The maximum atomic E-state index is 12.0. The van der Waals surface area contributed by atoms with Gasteiger partial charge in [0.15, 0.2) is 9.84 Å². The molecule has 19 heavy (non-hydrogen) atoms. The first-order chi connectivity index (χ1) is 8.90. The summed E-state index contributed by atoms with van der Waals surface area (Å²) < 4.78 is 23.7. The van der Waals surface area contributed by atoms with Gasteiger partial charge in [-0.05, 0) is 31.0 Å². The first-order valence-corrected chi connectivity index (χ1v) is 8.07. The van der Waals surface area contributed by atoms with E-state index in [1.165, 1.54) is 6.07 Å². The van der Waals surface area contributed by atoms with Crippen molar-refractivity contribution in [3.05, 3.63) is 23.2 Å². The van der Waals surface area contributed by atoms with E-state index in [-0.39, 0.29) is 5.75 Å². The van der Waals surface area contributed by atoms with Gasteiger partial charge in [-0.15, -0.1) is 0 Å². The van der Waals surface area contributed by atoms with Gasteiger partial charge in [0.1, 0.15) is 5.25 Å². The molecule has 1 unspecified atom stereocenters. The number of carbonyl (C=O) groups is 1. The third-order valence-corrected chi connectivity index (χ3v) is 5.61. The summed E-state index contributed by atoms with van der Waals surface area (Å²) in [6.45, 7) is 0. The summed E-state index contributed by atoms with van der Waals surface area (Å²) in [6.07, 6.45) is 1.72. The first kappa shape index (κ1) is 14.1. The number of nitrogen functional groups attached to an aromatic ring is 1. The van der Waals surface area contributed by atoms with Gasteiger partial charge in [-0.2, -0.15) is 0 Å². The minimum Gasteiger partial charge on any atom is -0.399 e. The summed E-state index contributed by atoms with van der Waals surface area (Å²) in [5.74, 6) is -0.452. The Hall–Kier alpha value is -1.27. The fourth-order valence-electron chi connectivity index (χ4n) is 2.09. The Balaban J connectivity index is 2.17. The molecule has 1 aromatic rings. The SMILES string of the molecule is Nc1ccc(NC(=O)C2CCCCS2(=O)=O)c(Cl)c1. The van der Waals surface area contributed by atoms with E-state index < -0.39 is 21.0 Å². The maximum Gasteiger partial charge on any atom is 0.242 e. The minimum absolute atomic E-state index is 0.0700. The molecule has 1 aliphatic heterocycles. The van der Waals surface area contributed by atoms with Crippen LogP contribution in [0.25, 0.3) is 0 Å². The van der Waals surface area contributed by atoms with Crippen molar-refractivity contribution in [3.63, 3.8) is 0 Å². The van der Waals surface area contributed by atoms with Crippen molar-refractivity contribution in [3.8, 4) is 0 Å². The highest BCUT2D eigenvalue weighted by molar-refractivity contribution is 7.92. The molecule has 7 heteroatoms. The van der Waals surface area contributed by atoms with E-state index in [4.69, 9.17) is 17.3 Å². The van der Waals surface area contributed by atoms with Gasteiger partial charge in [0.25, 0.3) is 0 Å². The smallest absolute Gasteiger partial charge is 0.242 e. The number of halogens is 1. The van der Waals surface area contributed by atoms with Crippen LogP contribution in [0.1, 0.15) is 19.3 Å². The molecule has 1 heterocycles. The second-order valence-electron chi connectivity index (χ2n) is 4.58. The molecule has 1 amide bonds. The summed E-state index contributed by atoms with van der Waals surface area (Å²) >= 11 is 5.94. The second-order valence-corrected chi connectivity index (χ2v) is 7.29. The van der Waals surface area contributed by atoms with Crippen LogP contribution in [0.3, 0.4) is 0 Å². The molecule has 0 aromatic heterocycles. The van der Waals surface area contributed by atoms with Crippen molar-refractivity contribution < 1.29 is 13.2 Å². The zero-order chi connectivity index (χ0) is 14.0. The van der Waals surface area contributed by atoms with Gasteiger partial charge >= 0.3 is 0 Å². The Morgan fingerprint density at radius 2 is 2.11 bits per heavy atom. The number of rotatable bonds is 2. The average Bonchev–Trinajstić information content (AvgIpc) is 2.32. The zero-order valence-electron chi connectivity index (χ0n) is 10.2. The number of hydrogen-bond acceptors (Lipinski definition) is 4. The number of hydrogen-bond donors (Lipinski definition) is 2. The quantitative estimate of drug-likeness (QED) is 0.816. The van der Waals surface area contributed by atoms with E-state index in [9.17, 15) is 13.2 Å². The number of amides is 1. The lowest BCUT2D eigenvalue weighted by molar-refractivity contribution is -0.116. The first-order valence-electron chi connectivity index (χ1n) is 5.97. The molecule has 1 fully saturated rings. The van der Waals surface area contributed by atoms with E-state index >= 15 is 0 Å². The second kappa shape index (κ2) is 5.38. The standard InChI is InChI=1S/C12H15ClN2O3S/c13-9-7-8(14)4-5-10(9)15-12(16)11-3-1-2-6-19(11,17)18/h4-5,7,11H,1-3,6,14H2,(H,15,16). The maximum absolute atomic E-state index is 12.0. The molecule has 2 rings (SSSR count). The van der Waals surface area contributed by atoms with Crippen LogP contribution in [0, 0.1) is 0 Å². The van der Waals surface area contributed by atoms with Crippen molar-refractivity contribution in [1.82, 2.24) is 0 Å². The molecule has 5 nitrogen and oxygen atoms in total. The molecule has 0 radical (unpaired) electrons. The molecular weight excluding hydrogens is 288 g/mol. The third kappa shape index (κ3) is 3.19. The molecule has 1 atom stereocenters. The Labute approximate surface area is 117 Å². The Morgan fingerprint density at radius 1 is 1.37 bits per heavy atom. The number of sulfone groups is 1. The minimum atomic E-state index is -3.34. The van der Waals surface area contributed by atoms with Gasteiger partial charge in [-0.3, -0.25) is 4.79 Å². The van der Waals surface area contributed by atoms with Crippen LogP contribution in [0.5, 0.6) is 0 Å². The lowest BCUT2D eigenvalue weighted by Crippen LogP contribution is -2.39. The largest absolute Gasteiger partial charge is 0.399 e. The highest BCUT2D eigenvalue weighted by Crippen LogP contribution is 2.26. The van der Waals surface area contributed by atoms with Crippen LogP contribution in [-0.2, 0) is 14.6 Å². The summed E-state index contributed by atoms with van der Waals surface area (Å²) in [5.41, 5.74) is 6.41.